The smallest absolute Gasteiger partial charge is 0.253 e. The highest BCUT2D eigenvalue weighted by atomic mass is 32.2. The SMILES string of the molecule is CCCCN(C)C(=O)c1cc(S(=O)(=O)NC)ccc1C. The number of aryl methyl sites for hydroxylation is 1. The van der Waals surface area contributed by atoms with Crippen LogP contribution in [0.15, 0.2) is 23.1 Å². The third-order valence-corrected chi connectivity index (χ3v) is 4.62. The van der Waals surface area contributed by atoms with Crippen molar-refractivity contribution in [1.82, 2.24) is 9.62 Å². The summed E-state index contributed by atoms with van der Waals surface area (Å²) in [4.78, 5) is 14.1. The van der Waals surface area contributed by atoms with Crippen molar-refractivity contribution in [1.29, 1.82) is 0 Å². The zero-order valence-corrected chi connectivity index (χ0v) is 13.3. The molecule has 0 spiro atoms. The first-order chi connectivity index (χ1) is 9.33. The molecular weight excluding hydrogens is 276 g/mol. The van der Waals surface area contributed by atoms with Crippen LogP contribution in [0.1, 0.15) is 35.7 Å². The van der Waals surface area contributed by atoms with Crippen molar-refractivity contribution in [3.05, 3.63) is 29.3 Å². The summed E-state index contributed by atoms with van der Waals surface area (Å²) in [5.41, 5.74) is 1.20. The lowest BCUT2D eigenvalue weighted by Crippen LogP contribution is -2.28. The first kappa shape index (κ1) is 16.7. The number of unbranched alkanes of at least 4 members (excludes halogenated alkanes) is 1. The summed E-state index contributed by atoms with van der Waals surface area (Å²) >= 11 is 0. The molecule has 0 saturated carbocycles. The fourth-order valence-corrected chi connectivity index (χ4v) is 2.57. The number of nitrogens with one attached hydrogen (secondary N) is 1. The van der Waals surface area contributed by atoms with E-state index >= 15 is 0 Å². The number of hydrogen-bond acceptors (Lipinski definition) is 3. The highest BCUT2D eigenvalue weighted by molar-refractivity contribution is 7.89. The van der Waals surface area contributed by atoms with E-state index < -0.39 is 10.0 Å². The van der Waals surface area contributed by atoms with Gasteiger partial charge in [0.05, 0.1) is 4.90 Å². The van der Waals surface area contributed by atoms with Crippen LogP contribution >= 0.6 is 0 Å². The second kappa shape index (κ2) is 6.85. The molecule has 112 valence electrons. The van der Waals surface area contributed by atoms with Crippen molar-refractivity contribution in [3.63, 3.8) is 0 Å². The van der Waals surface area contributed by atoms with Gasteiger partial charge in [-0.05, 0) is 38.1 Å². The molecule has 6 heteroatoms. The summed E-state index contributed by atoms with van der Waals surface area (Å²) in [7, 11) is -0.450. The largest absolute Gasteiger partial charge is 0.342 e. The standard InChI is InChI=1S/C14H22N2O3S/c1-5-6-9-16(4)14(17)13-10-12(8-7-11(13)2)20(18,19)15-3/h7-8,10,15H,5-6,9H2,1-4H3. The Morgan fingerprint density at radius 2 is 2.00 bits per heavy atom. The Labute approximate surface area is 121 Å². The molecular formula is C14H22N2O3S. The Hall–Kier alpha value is -1.40. The second-order valence-electron chi connectivity index (χ2n) is 4.76. The zero-order valence-electron chi connectivity index (χ0n) is 12.4. The zero-order chi connectivity index (χ0) is 15.3. The third kappa shape index (κ3) is 3.80. The monoisotopic (exact) mass is 298 g/mol. The van der Waals surface area contributed by atoms with Crippen LogP contribution in [0, 0.1) is 6.92 Å². The molecule has 1 aromatic carbocycles. The molecule has 1 amide bonds. The van der Waals surface area contributed by atoms with Gasteiger partial charge in [0, 0.05) is 19.2 Å². The maximum Gasteiger partial charge on any atom is 0.253 e. The number of carbonyl (C=O) groups excluding carboxylic acids is 1. The minimum absolute atomic E-state index is 0.109. The highest BCUT2D eigenvalue weighted by Gasteiger charge is 2.18. The van der Waals surface area contributed by atoms with E-state index in [2.05, 4.69) is 11.6 Å². The van der Waals surface area contributed by atoms with Crippen molar-refractivity contribution in [3.8, 4) is 0 Å². The van der Waals surface area contributed by atoms with Gasteiger partial charge in [-0.1, -0.05) is 19.4 Å². The lowest BCUT2D eigenvalue weighted by molar-refractivity contribution is 0.0792. The predicted molar refractivity (Wildman–Crippen MR) is 79.3 cm³/mol. The molecule has 1 N–H and O–H groups in total. The first-order valence-electron chi connectivity index (χ1n) is 6.63. The van der Waals surface area contributed by atoms with Crippen molar-refractivity contribution in [2.75, 3.05) is 20.6 Å². The van der Waals surface area contributed by atoms with Crippen LogP contribution in [0.4, 0.5) is 0 Å². The quantitative estimate of drug-likeness (QED) is 0.870. The van der Waals surface area contributed by atoms with E-state index in [4.69, 9.17) is 0 Å². The molecule has 0 aliphatic heterocycles. The molecule has 20 heavy (non-hydrogen) atoms. The molecule has 1 rings (SSSR count). The fourth-order valence-electron chi connectivity index (χ4n) is 1.82. The van der Waals surface area contributed by atoms with Crippen molar-refractivity contribution >= 4 is 15.9 Å². The number of amides is 1. The molecule has 0 unspecified atom stereocenters. The molecule has 0 atom stereocenters. The minimum Gasteiger partial charge on any atom is -0.342 e. The molecule has 0 fully saturated rings. The summed E-state index contributed by atoms with van der Waals surface area (Å²) in [6, 6.07) is 4.60. The molecule has 5 nitrogen and oxygen atoms in total. The molecule has 0 radical (unpaired) electrons. The average molecular weight is 298 g/mol. The van der Waals surface area contributed by atoms with Gasteiger partial charge in [-0.3, -0.25) is 4.79 Å². The topological polar surface area (TPSA) is 66.5 Å². The van der Waals surface area contributed by atoms with Gasteiger partial charge in [0.1, 0.15) is 0 Å². The van der Waals surface area contributed by atoms with E-state index in [1.165, 1.54) is 19.2 Å². The molecule has 0 aromatic heterocycles. The molecule has 0 aliphatic rings. The van der Waals surface area contributed by atoms with Crippen LogP contribution in [0.5, 0.6) is 0 Å². The third-order valence-electron chi connectivity index (χ3n) is 3.21. The van der Waals surface area contributed by atoms with E-state index in [0.717, 1.165) is 18.4 Å². The minimum atomic E-state index is -3.53. The summed E-state index contributed by atoms with van der Waals surface area (Å²) in [6.07, 6.45) is 1.93. The Balaban J connectivity index is 3.12. The normalized spacial score (nSPS) is 11.4. The summed E-state index contributed by atoms with van der Waals surface area (Å²) in [5.74, 6) is -0.149. The van der Waals surface area contributed by atoms with Crippen LogP contribution in [0.3, 0.4) is 0 Å². The Kier molecular flexibility index (Phi) is 5.71. The number of rotatable bonds is 6. The highest BCUT2D eigenvalue weighted by Crippen LogP contribution is 2.17. The van der Waals surface area contributed by atoms with E-state index in [1.54, 1.807) is 24.9 Å². The summed E-state index contributed by atoms with van der Waals surface area (Å²) in [5, 5.41) is 0. The van der Waals surface area contributed by atoms with Crippen molar-refractivity contribution in [2.45, 2.75) is 31.6 Å². The molecule has 0 bridgehead atoms. The lowest BCUT2D eigenvalue weighted by atomic mass is 10.1. The lowest BCUT2D eigenvalue weighted by Gasteiger charge is -2.18. The Bertz CT molecular complexity index is 582. The van der Waals surface area contributed by atoms with Crippen molar-refractivity contribution < 1.29 is 13.2 Å². The van der Waals surface area contributed by atoms with Gasteiger partial charge < -0.3 is 4.90 Å². The van der Waals surface area contributed by atoms with Crippen LogP contribution in [-0.4, -0.2) is 39.9 Å². The van der Waals surface area contributed by atoms with Crippen LogP contribution < -0.4 is 4.72 Å². The Morgan fingerprint density at radius 1 is 1.35 bits per heavy atom. The summed E-state index contributed by atoms with van der Waals surface area (Å²) < 4.78 is 25.8. The van der Waals surface area contributed by atoms with Crippen LogP contribution in [0.25, 0.3) is 0 Å². The number of hydrogen-bond donors (Lipinski definition) is 1. The van der Waals surface area contributed by atoms with E-state index in [9.17, 15) is 13.2 Å². The first-order valence-corrected chi connectivity index (χ1v) is 8.11. The van der Waals surface area contributed by atoms with Crippen LogP contribution in [-0.2, 0) is 10.0 Å². The van der Waals surface area contributed by atoms with Crippen molar-refractivity contribution in [2.24, 2.45) is 0 Å². The molecule has 0 aliphatic carbocycles. The van der Waals surface area contributed by atoms with Gasteiger partial charge in [0.2, 0.25) is 10.0 Å². The predicted octanol–water partition coefficient (Wildman–Crippen LogP) is 1.78. The van der Waals surface area contributed by atoms with Gasteiger partial charge in [0.25, 0.3) is 5.91 Å². The van der Waals surface area contributed by atoms with Gasteiger partial charge in [-0.25, -0.2) is 13.1 Å². The van der Waals surface area contributed by atoms with Gasteiger partial charge in [0.15, 0.2) is 0 Å². The number of nitrogens with zero attached hydrogens (tertiary/aromatic N) is 1. The molecule has 0 heterocycles. The van der Waals surface area contributed by atoms with Crippen LogP contribution in [0.2, 0.25) is 0 Å². The van der Waals surface area contributed by atoms with Gasteiger partial charge in [-0.2, -0.15) is 0 Å². The maximum absolute atomic E-state index is 12.3. The van der Waals surface area contributed by atoms with Gasteiger partial charge in [-0.15, -0.1) is 0 Å². The number of sulfonamides is 1. The van der Waals surface area contributed by atoms with E-state index in [-0.39, 0.29) is 10.8 Å². The van der Waals surface area contributed by atoms with Gasteiger partial charge >= 0.3 is 0 Å². The fraction of sp³-hybridized carbons (Fsp3) is 0.500. The van der Waals surface area contributed by atoms with E-state index in [0.29, 0.717) is 12.1 Å². The summed E-state index contributed by atoms with van der Waals surface area (Å²) in [6.45, 7) is 4.53. The second-order valence-corrected chi connectivity index (χ2v) is 6.65. The maximum atomic E-state index is 12.3. The average Bonchev–Trinajstić information content (AvgIpc) is 2.44. The Morgan fingerprint density at radius 3 is 2.55 bits per heavy atom. The number of carbonyl (C=O) groups is 1. The molecule has 1 aromatic rings. The van der Waals surface area contributed by atoms with E-state index in [1.807, 2.05) is 0 Å². The molecule has 0 saturated heterocycles. The number of benzene rings is 1.